The van der Waals surface area contributed by atoms with Gasteiger partial charge in [0.1, 0.15) is 5.75 Å². The molecule has 1 aromatic carbocycles. The van der Waals surface area contributed by atoms with Crippen LogP contribution in [0.15, 0.2) is 24.3 Å². The molecule has 1 aliphatic rings. The first-order valence-electron chi connectivity index (χ1n) is 8.32. The van der Waals surface area contributed by atoms with Gasteiger partial charge in [-0.2, -0.15) is 0 Å². The molecule has 1 fully saturated rings. The Balaban J connectivity index is 2.05. The van der Waals surface area contributed by atoms with E-state index in [0.717, 1.165) is 31.7 Å². The summed E-state index contributed by atoms with van der Waals surface area (Å²) in [6, 6.07) is 8.99. The maximum absolute atomic E-state index is 11.1. The molecule has 0 unspecified atom stereocenters. The summed E-state index contributed by atoms with van der Waals surface area (Å²) in [4.78, 5) is 13.5. The Hall–Kier alpha value is -1.59. The van der Waals surface area contributed by atoms with E-state index in [4.69, 9.17) is 4.74 Å². The first-order valence-corrected chi connectivity index (χ1v) is 8.32. The van der Waals surface area contributed by atoms with Crippen molar-refractivity contribution >= 4 is 5.97 Å². The van der Waals surface area contributed by atoms with Crippen molar-refractivity contribution < 1.29 is 14.6 Å². The van der Waals surface area contributed by atoms with Crippen LogP contribution in [0.1, 0.15) is 38.7 Å². The van der Waals surface area contributed by atoms with E-state index in [1.165, 1.54) is 5.56 Å². The minimum absolute atomic E-state index is 0.111. The van der Waals surface area contributed by atoms with Crippen molar-refractivity contribution in [2.24, 2.45) is 0 Å². The topological polar surface area (TPSA) is 61.8 Å². The van der Waals surface area contributed by atoms with Crippen LogP contribution in [0.2, 0.25) is 0 Å². The largest absolute Gasteiger partial charge is 0.497 e. The highest BCUT2D eigenvalue weighted by molar-refractivity contribution is 5.67. The lowest BCUT2D eigenvalue weighted by molar-refractivity contribution is -0.139. The number of nitrogens with one attached hydrogen (secondary N) is 1. The van der Waals surface area contributed by atoms with Crippen LogP contribution in [-0.4, -0.2) is 47.8 Å². The number of hydrogen-bond acceptors (Lipinski definition) is 4. The van der Waals surface area contributed by atoms with E-state index in [-0.39, 0.29) is 12.5 Å². The third kappa shape index (κ3) is 5.52. The minimum Gasteiger partial charge on any atom is -0.497 e. The second-order valence-corrected chi connectivity index (χ2v) is 6.62. The van der Waals surface area contributed by atoms with Crippen molar-refractivity contribution in [2.75, 3.05) is 13.7 Å². The van der Waals surface area contributed by atoms with Crippen LogP contribution < -0.4 is 10.1 Å². The minimum atomic E-state index is -0.718. The van der Waals surface area contributed by atoms with Gasteiger partial charge in [-0.25, -0.2) is 0 Å². The molecule has 0 aliphatic carbocycles. The van der Waals surface area contributed by atoms with E-state index in [2.05, 4.69) is 36.2 Å². The maximum Gasteiger partial charge on any atom is 0.304 e. The van der Waals surface area contributed by atoms with Crippen LogP contribution >= 0.6 is 0 Å². The second kappa shape index (κ2) is 8.31. The van der Waals surface area contributed by atoms with Gasteiger partial charge in [0.25, 0.3) is 0 Å². The summed E-state index contributed by atoms with van der Waals surface area (Å²) in [6.07, 6.45) is 2.17. The van der Waals surface area contributed by atoms with E-state index in [0.29, 0.717) is 12.1 Å². The normalized spacial score (nSPS) is 22.3. The van der Waals surface area contributed by atoms with Gasteiger partial charge < -0.3 is 15.2 Å². The average Bonchev–Trinajstić information content (AvgIpc) is 2.49. The number of likely N-dealkylation sites (tertiary alicyclic amines) is 1. The Morgan fingerprint density at radius 2 is 2.04 bits per heavy atom. The number of carboxylic acids is 1. The molecule has 23 heavy (non-hydrogen) atoms. The molecule has 1 aliphatic heterocycles. The van der Waals surface area contributed by atoms with Crippen molar-refractivity contribution in [3.05, 3.63) is 29.8 Å². The fraction of sp³-hybridized carbons (Fsp3) is 0.611. The first-order chi connectivity index (χ1) is 11.0. The molecular formula is C18H28N2O3. The summed E-state index contributed by atoms with van der Waals surface area (Å²) in [5.74, 6) is 0.124. The molecule has 0 bridgehead atoms. The van der Waals surface area contributed by atoms with Crippen molar-refractivity contribution in [1.29, 1.82) is 0 Å². The van der Waals surface area contributed by atoms with E-state index in [1.54, 1.807) is 7.11 Å². The standard InChI is InChI=1S/C18H28N2O3/c1-13(2)19-15-6-7-16(10-18(21)22)20(12-15)11-14-4-8-17(23-3)9-5-14/h4-5,8-9,13,15-16,19H,6-7,10-12H2,1-3H3,(H,21,22)/t15-,16+/m1/s1. The van der Waals surface area contributed by atoms with Crippen LogP contribution in [0.5, 0.6) is 5.75 Å². The predicted molar refractivity (Wildman–Crippen MR) is 90.7 cm³/mol. The third-order valence-electron chi connectivity index (χ3n) is 4.34. The first kappa shape index (κ1) is 17.8. The van der Waals surface area contributed by atoms with E-state index >= 15 is 0 Å². The number of aliphatic carboxylic acids is 1. The number of hydrogen-bond donors (Lipinski definition) is 2. The van der Waals surface area contributed by atoms with Crippen molar-refractivity contribution in [1.82, 2.24) is 10.2 Å². The van der Waals surface area contributed by atoms with Gasteiger partial charge in [-0.3, -0.25) is 9.69 Å². The van der Waals surface area contributed by atoms with Gasteiger partial charge in [0, 0.05) is 31.2 Å². The fourth-order valence-electron chi connectivity index (χ4n) is 3.30. The van der Waals surface area contributed by atoms with Gasteiger partial charge in [-0.1, -0.05) is 26.0 Å². The SMILES string of the molecule is COc1ccc(CN2C[C@H](NC(C)C)CC[C@H]2CC(=O)O)cc1. The van der Waals surface area contributed by atoms with Crippen molar-refractivity contribution in [2.45, 2.75) is 57.8 Å². The van der Waals surface area contributed by atoms with E-state index < -0.39 is 5.97 Å². The van der Waals surface area contributed by atoms with E-state index in [1.807, 2.05) is 12.1 Å². The average molecular weight is 320 g/mol. The molecule has 128 valence electrons. The van der Waals surface area contributed by atoms with Gasteiger partial charge in [0.15, 0.2) is 0 Å². The van der Waals surface area contributed by atoms with Gasteiger partial charge in [-0.05, 0) is 30.5 Å². The maximum atomic E-state index is 11.1. The van der Waals surface area contributed by atoms with Crippen LogP contribution in [0.4, 0.5) is 0 Å². The highest BCUT2D eigenvalue weighted by Gasteiger charge is 2.29. The molecule has 0 radical (unpaired) electrons. The Morgan fingerprint density at radius 3 is 2.61 bits per heavy atom. The number of carboxylic acid groups (broad SMARTS) is 1. The number of rotatable bonds is 7. The highest BCUT2D eigenvalue weighted by atomic mass is 16.5. The summed E-state index contributed by atoms with van der Waals surface area (Å²) in [7, 11) is 1.66. The van der Waals surface area contributed by atoms with Crippen LogP contribution in [-0.2, 0) is 11.3 Å². The summed E-state index contributed by atoms with van der Waals surface area (Å²) in [5, 5.41) is 12.8. The summed E-state index contributed by atoms with van der Waals surface area (Å²) in [6.45, 7) is 5.97. The molecule has 1 aromatic rings. The number of ether oxygens (including phenoxy) is 1. The quantitative estimate of drug-likeness (QED) is 0.808. The lowest BCUT2D eigenvalue weighted by Crippen LogP contribution is -2.52. The van der Waals surface area contributed by atoms with Crippen LogP contribution in [0.25, 0.3) is 0 Å². The number of carbonyl (C=O) groups is 1. The number of nitrogens with zero attached hydrogens (tertiary/aromatic N) is 1. The molecule has 0 spiro atoms. The molecule has 0 amide bonds. The van der Waals surface area contributed by atoms with Gasteiger partial charge in [0.2, 0.25) is 0 Å². The van der Waals surface area contributed by atoms with Crippen LogP contribution in [0.3, 0.4) is 0 Å². The zero-order chi connectivity index (χ0) is 16.8. The second-order valence-electron chi connectivity index (χ2n) is 6.62. The predicted octanol–water partition coefficient (Wildman–Crippen LogP) is 2.50. The molecule has 2 rings (SSSR count). The molecule has 2 atom stereocenters. The Morgan fingerprint density at radius 1 is 1.35 bits per heavy atom. The lowest BCUT2D eigenvalue weighted by Gasteiger charge is -2.40. The Labute approximate surface area is 138 Å². The number of benzene rings is 1. The lowest BCUT2D eigenvalue weighted by atomic mass is 9.94. The molecule has 5 heteroatoms. The molecule has 0 saturated carbocycles. The molecule has 1 saturated heterocycles. The number of piperidine rings is 1. The summed E-state index contributed by atoms with van der Waals surface area (Å²) < 4.78 is 5.19. The Bertz CT molecular complexity index is 501. The molecule has 2 N–H and O–H groups in total. The van der Waals surface area contributed by atoms with E-state index in [9.17, 15) is 9.90 Å². The number of methoxy groups -OCH3 is 1. The zero-order valence-electron chi connectivity index (χ0n) is 14.3. The monoisotopic (exact) mass is 320 g/mol. The van der Waals surface area contributed by atoms with Crippen LogP contribution in [0, 0.1) is 0 Å². The highest BCUT2D eigenvalue weighted by Crippen LogP contribution is 2.23. The summed E-state index contributed by atoms with van der Waals surface area (Å²) in [5.41, 5.74) is 1.19. The molecule has 0 aromatic heterocycles. The summed E-state index contributed by atoms with van der Waals surface area (Å²) >= 11 is 0. The van der Waals surface area contributed by atoms with Crippen molar-refractivity contribution in [3.8, 4) is 5.75 Å². The van der Waals surface area contributed by atoms with Gasteiger partial charge in [-0.15, -0.1) is 0 Å². The Kier molecular flexibility index (Phi) is 6.42. The zero-order valence-corrected chi connectivity index (χ0v) is 14.3. The van der Waals surface area contributed by atoms with Gasteiger partial charge >= 0.3 is 5.97 Å². The fourth-order valence-corrected chi connectivity index (χ4v) is 3.30. The molecule has 1 heterocycles. The smallest absolute Gasteiger partial charge is 0.304 e. The third-order valence-corrected chi connectivity index (χ3v) is 4.34. The molecular weight excluding hydrogens is 292 g/mol. The van der Waals surface area contributed by atoms with Crippen molar-refractivity contribution in [3.63, 3.8) is 0 Å². The molecule has 5 nitrogen and oxygen atoms in total. The van der Waals surface area contributed by atoms with Gasteiger partial charge in [0.05, 0.1) is 13.5 Å².